The van der Waals surface area contributed by atoms with Crippen LogP contribution in [0.1, 0.15) is 148 Å². The Kier molecular flexibility index (Phi) is 34.5. The highest BCUT2D eigenvalue weighted by Crippen LogP contribution is 2.39. The van der Waals surface area contributed by atoms with Gasteiger partial charge in [-0.05, 0) is 211 Å². The summed E-state index contributed by atoms with van der Waals surface area (Å²) in [5, 5.41) is 28.2. The summed E-state index contributed by atoms with van der Waals surface area (Å²) in [5.74, 6) is -1.20. The quantitative estimate of drug-likeness (QED) is 0.0719. The number of nitrogens with zero attached hydrogens (tertiary/aromatic N) is 11. The lowest BCUT2D eigenvalue weighted by Gasteiger charge is -2.35. The van der Waals surface area contributed by atoms with E-state index >= 15 is 0 Å². The van der Waals surface area contributed by atoms with Crippen molar-refractivity contribution >= 4 is 206 Å². The number of amides is 6. The fourth-order valence-corrected chi connectivity index (χ4v) is 22.9. The highest BCUT2D eigenvalue weighted by Gasteiger charge is 2.52. The van der Waals surface area contributed by atoms with Crippen molar-refractivity contribution in [3.8, 4) is 0 Å². The summed E-state index contributed by atoms with van der Waals surface area (Å²) in [6.07, 6.45) is 8.01. The molecular formula is C86H97Br4Cl5N24O17S2. The molecule has 5 saturated heterocycles. The van der Waals surface area contributed by atoms with Crippen LogP contribution in [0.25, 0.3) is 0 Å². The van der Waals surface area contributed by atoms with E-state index in [1.54, 1.807) is 80.3 Å². The summed E-state index contributed by atoms with van der Waals surface area (Å²) < 4.78 is 66.1. The molecule has 2 unspecified atom stereocenters. The molecule has 0 radical (unpaired) electrons. The van der Waals surface area contributed by atoms with Crippen molar-refractivity contribution < 1.29 is 55.1 Å². The molecule has 6 amide bonds. The summed E-state index contributed by atoms with van der Waals surface area (Å²) in [6.45, 7) is 17.2. The van der Waals surface area contributed by atoms with E-state index in [2.05, 4.69) is 136 Å². The van der Waals surface area contributed by atoms with Gasteiger partial charge >= 0.3 is 6.09 Å². The number of anilines is 4. The fraction of sp³-hybridized carbons (Fsp3) is 0.395. The van der Waals surface area contributed by atoms with E-state index in [9.17, 15) is 74.4 Å². The lowest BCUT2D eigenvalue weighted by molar-refractivity contribution is -0.118. The van der Waals surface area contributed by atoms with E-state index in [0.29, 0.717) is 94.0 Å². The number of carbonyl (C=O) groups is 7. The Morgan fingerprint density at radius 1 is 0.471 bits per heavy atom. The Hall–Kier alpha value is -9.93. The van der Waals surface area contributed by atoms with Crippen LogP contribution in [-0.4, -0.2) is 212 Å². The highest BCUT2D eigenvalue weighted by molar-refractivity contribution is 9.11. The average molecular weight is 2300 g/mol. The second-order valence-electron chi connectivity index (χ2n) is 34.2. The van der Waals surface area contributed by atoms with Crippen LogP contribution < -0.4 is 92.8 Å². The van der Waals surface area contributed by atoms with E-state index in [4.69, 9.17) is 79.9 Å². The molecule has 138 heavy (non-hydrogen) atoms. The van der Waals surface area contributed by atoms with Gasteiger partial charge in [-0.2, -0.15) is 8.61 Å². The number of halogens is 9. The number of aryl methyl sites for hydroxylation is 3. The van der Waals surface area contributed by atoms with Crippen molar-refractivity contribution in [2.75, 3.05) is 108 Å². The van der Waals surface area contributed by atoms with Crippen LogP contribution in [0.4, 0.5) is 27.9 Å². The lowest BCUT2D eigenvalue weighted by Crippen LogP contribution is -2.57. The second-order valence-corrected chi connectivity index (χ2v) is 43.5. The summed E-state index contributed by atoms with van der Waals surface area (Å²) >= 11 is 43.0. The number of H-pyrrole nitrogens is 1. The molecule has 0 aliphatic carbocycles. The van der Waals surface area contributed by atoms with Gasteiger partial charge in [0.2, 0.25) is 20.0 Å². The molecule has 16 heterocycles. The summed E-state index contributed by atoms with van der Waals surface area (Å²) in [5.41, 5.74) is 13.0. The maximum atomic E-state index is 13.3. The van der Waals surface area contributed by atoms with E-state index in [0.717, 1.165) is 68.7 Å². The van der Waals surface area contributed by atoms with E-state index < -0.39 is 83.2 Å². The summed E-state index contributed by atoms with van der Waals surface area (Å²) in [6, 6.07) is 23.6. The van der Waals surface area contributed by atoms with Gasteiger partial charge in [0.1, 0.15) is 98.3 Å². The number of pyridine rings is 5. The second kappa shape index (κ2) is 44.5. The number of nitrogens with one attached hydrogen (secondary N) is 10. The third-order valence-corrected chi connectivity index (χ3v) is 30.3. The number of fused-ring (bicyclic) bond motifs is 8. The van der Waals surface area contributed by atoms with E-state index in [-0.39, 0.29) is 142 Å². The van der Waals surface area contributed by atoms with Crippen LogP contribution >= 0.6 is 122 Å². The number of benzene rings is 2. The smallest absolute Gasteiger partial charge is 0.410 e. The van der Waals surface area contributed by atoms with Gasteiger partial charge in [0.05, 0.1) is 72.4 Å². The van der Waals surface area contributed by atoms with Gasteiger partial charge in [-0.15, -0.1) is 0 Å². The van der Waals surface area contributed by atoms with Crippen molar-refractivity contribution in [3.63, 3.8) is 0 Å². The van der Waals surface area contributed by atoms with Crippen LogP contribution in [-0.2, 0) is 52.2 Å². The number of rotatable bonds is 7. The van der Waals surface area contributed by atoms with Gasteiger partial charge in [0, 0.05) is 96.2 Å². The molecule has 16 N–H and O–H groups in total. The minimum atomic E-state index is -3.80. The fourth-order valence-electron chi connectivity index (χ4n) is 16.5. The SMILES string of the molecule is CC(C)(C)OC(=O)N1CCCCC2(C1)NC(=O)c1c(Cl)cc(Br)c(=O)n12.Cc1cc(N)ncn1.Cc1ccc(S(=O)(=O)N2CCCCC(=O)C2)cc1.Cc1ccc(S(=O)(=O)N2CCCCC3(C2)NC(=O)c2c(Cl)cc(Br)c(=O)n23)cc1.NC(=O)c1[nH]c(=O)c(Br)cc1Cl.Nc1cc(Nc2cc(Cl)c3n(c2=O)C2(CNCCNC2)NC3=O)ncn1.O=C1NC2(CNCCNC2)n2c1c(Cl)cc(Br)c2=O. The Morgan fingerprint density at radius 3 is 1.30 bits per heavy atom. The molecule has 7 aromatic heterocycles. The van der Waals surface area contributed by atoms with Crippen molar-refractivity contribution in [2.24, 2.45) is 5.73 Å². The number of ketones is 1. The van der Waals surface area contributed by atoms with Gasteiger partial charge < -0.3 is 79.7 Å². The molecule has 4 spiro atoms. The van der Waals surface area contributed by atoms with Crippen molar-refractivity contribution in [2.45, 2.75) is 137 Å². The third-order valence-electron chi connectivity index (χ3n) is 22.9. The number of hydrogen-bond acceptors (Lipinski definition) is 28. The average Bonchev–Trinajstić information content (AvgIpc) is 1.36. The van der Waals surface area contributed by atoms with E-state index in [1.165, 1.54) is 75.9 Å². The number of carbonyl (C=O) groups excluding carboxylic acids is 7. The highest BCUT2D eigenvalue weighted by atomic mass is 79.9. The summed E-state index contributed by atoms with van der Waals surface area (Å²) in [7, 11) is -7.32. The maximum absolute atomic E-state index is 13.3. The number of likely N-dealkylation sites (tertiary alicyclic amines) is 1. The van der Waals surface area contributed by atoms with Crippen LogP contribution in [0.3, 0.4) is 0 Å². The Bertz CT molecular complexity index is 6810. The normalized spacial score (nSPS) is 19.2. The molecule has 41 nitrogen and oxygen atoms in total. The van der Waals surface area contributed by atoms with Crippen LogP contribution in [0, 0.1) is 20.8 Å². The first kappa shape index (κ1) is 107. The molecular weight excluding hydrogens is 2200 g/mol. The Labute approximate surface area is 848 Å². The molecule has 9 aromatic rings. The van der Waals surface area contributed by atoms with Crippen molar-refractivity contribution in [1.29, 1.82) is 0 Å². The molecule has 738 valence electrons. The molecule has 2 aromatic carbocycles. The first-order valence-electron chi connectivity index (χ1n) is 42.9. The zero-order valence-corrected chi connectivity index (χ0v) is 86.6. The summed E-state index contributed by atoms with van der Waals surface area (Å²) in [4.78, 5) is 166. The van der Waals surface area contributed by atoms with Gasteiger partial charge in [0.15, 0.2) is 0 Å². The van der Waals surface area contributed by atoms with Gasteiger partial charge in [-0.1, -0.05) is 93.4 Å². The van der Waals surface area contributed by atoms with E-state index in [1.807, 2.05) is 20.8 Å². The topological polar surface area (TPSA) is 565 Å². The molecule has 9 aliphatic rings. The zero-order valence-electron chi connectivity index (χ0n) is 74.9. The molecule has 9 aliphatic heterocycles. The number of hydrogen-bond donors (Lipinski definition) is 13. The number of sulfonamides is 2. The number of Topliss-reactive ketones (excluding diaryl/α,β-unsaturated/α-hetero) is 1. The standard InChI is InChI=1S/C19H19BrClN3O4S.C17H21BrClN3O4.C15H17ClN8O2.C13H17NO3S.C11H12BrClN4O2.C6H4BrClN2O2.C5H7N3/c1-12-4-6-13(7-5-12)29(27,28)23-9-3-2-8-19(11-23)22-17(25)16-15(21)10-14(20)18(26)24(16)19;1-16(2,3)26-15(25)21-7-5-4-6-17(9-21)20-13(23)12-11(19)8-10(18)14(24)22(12)17;16-8-3-9(22-11-4-10(17)20-7-21-11)14(26)24-12(8)13(25)23-15(24)5-18-1-2-19-6-15;1-11-5-7-13(8-6-11)18(16,17)14-9-3-2-4-12(15)10-14;12-6-3-7(13)8-9(18)16-11(17(8)10(6)19)4-14-1-2-15-5-11;7-2-1-3(8)4(5(9)11)10-6(2)12;1-4-2-5(6)8-3-7-4/h4-7,10H,2-3,8-9,11H2,1H3,(H,22,25);8H,4-7,9H2,1-3H3,(H,20,23);3-4,7,18-19H,1-2,5-6H2,(H,23,25)(H3,17,20,21,22);5-8H,2-4,9-10H2,1H3;3,14-15H,1-2,4-5H2,(H,16,18);1H,(H2,9,11)(H,10,12);2-3H,1H3,(H2,6,7,8). The predicted molar refractivity (Wildman–Crippen MR) is 533 cm³/mol. The van der Waals surface area contributed by atoms with Crippen LogP contribution in [0.2, 0.25) is 25.1 Å². The number of nitrogens with two attached hydrogens (primary N) is 3. The van der Waals surface area contributed by atoms with Gasteiger partial charge in [-0.3, -0.25) is 71.0 Å². The number of aromatic nitrogens is 9. The molecule has 18 rings (SSSR count). The van der Waals surface area contributed by atoms with Gasteiger partial charge in [0.25, 0.3) is 57.3 Å². The molecule has 52 heteroatoms. The van der Waals surface area contributed by atoms with Gasteiger partial charge in [-0.25, -0.2) is 41.6 Å². The first-order valence-corrected chi connectivity index (χ1v) is 50.8. The minimum Gasteiger partial charge on any atom is -0.444 e. The maximum Gasteiger partial charge on any atom is 0.410 e. The molecule has 0 bridgehead atoms. The number of nitrogen functional groups attached to an aromatic ring is 2. The van der Waals surface area contributed by atoms with Crippen molar-refractivity contribution in [1.82, 2.24) is 99.2 Å². The predicted octanol–water partition coefficient (Wildman–Crippen LogP) is 7.98. The Morgan fingerprint density at radius 2 is 0.862 bits per heavy atom. The lowest BCUT2D eigenvalue weighted by atomic mass is 10.0. The molecule has 2 atom stereocenters. The first-order chi connectivity index (χ1) is 65.0. The number of ether oxygens (including phenoxy) is 1. The number of aromatic amines is 1. The molecule has 0 saturated carbocycles. The largest absolute Gasteiger partial charge is 0.444 e. The monoisotopic (exact) mass is 2290 g/mol. The molecule has 5 fully saturated rings. The van der Waals surface area contributed by atoms with Crippen molar-refractivity contribution in [3.05, 3.63) is 244 Å². The third kappa shape index (κ3) is 24.1. The minimum absolute atomic E-state index is 0.00295. The number of primary amides is 1. The van der Waals surface area contributed by atoms with Crippen LogP contribution in [0.15, 0.2) is 155 Å². The van der Waals surface area contributed by atoms with Crippen LogP contribution in [0.5, 0.6) is 0 Å². The zero-order chi connectivity index (χ0) is 101. The Balaban J connectivity index is 0.000000148.